The molecule has 1 fully saturated rings. The molecule has 166 valence electrons. The van der Waals surface area contributed by atoms with Crippen LogP contribution in [0, 0.1) is 0 Å². The van der Waals surface area contributed by atoms with Crippen LogP contribution in [0.2, 0.25) is 0 Å². The zero-order chi connectivity index (χ0) is 22.5. The van der Waals surface area contributed by atoms with Crippen LogP contribution in [0.5, 0.6) is 0 Å². The molecule has 0 unspecified atom stereocenters. The lowest BCUT2D eigenvalue weighted by Gasteiger charge is -2.27. The van der Waals surface area contributed by atoms with E-state index in [0.717, 1.165) is 5.56 Å². The van der Waals surface area contributed by atoms with E-state index in [9.17, 15) is 4.79 Å². The van der Waals surface area contributed by atoms with E-state index in [4.69, 9.17) is 4.74 Å². The molecule has 0 radical (unpaired) electrons. The van der Waals surface area contributed by atoms with Crippen molar-refractivity contribution in [1.82, 2.24) is 34.9 Å². The van der Waals surface area contributed by atoms with Gasteiger partial charge in [0.05, 0.1) is 31.3 Å². The lowest BCUT2D eigenvalue weighted by molar-refractivity contribution is 0.122. The summed E-state index contributed by atoms with van der Waals surface area (Å²) < 4.78 is 7.04. The average Bonchev–Trinajstić information content (AvgIpc) is 3.41. The van der Waals surface area contributed by atoms with Crippen molar-refractivity contribution in [1.29, 1.82) is 0 Å². The first kappa shape index (κ1) is 20.5. The van der Waals surface area contributed by atoms with E-state index in [1.807, 2.05) is 18.2 Å². The maximum atomic E-state index is 12.2. The third-order valence-electron chi connectivity index (χ3n) is 4.86. The van der Waals surface area contributed by atoms with Crippen molar-refractivity contribution in [2.24, 2.45) is 0 Å². The fourth-order valence-corrected chi connectivity index (χ4v) is 3.24. The molecule has 4 heterocycles. The summed E-state index contributed by atoms with van der Waals surface area (Å²) in [4.78, 5) is 28.1. The SMILES string of the molecule is O=C(Nc1ccc(-c2nc(N3CCOCC3)nc(-n3cccn3)n2)cc1)Nc1ccnnc1. The number of nitrogens with one attached hydrogen (secondary N) is 2. The number of aromatic nitrogens is 7. The van der Waals surface area contributed by atoms with E-state index in [1.165, 1.54) is 12.4 Å². The summed E-state index contributed by atoms with van der Waals surface area (Å²) in [5, 5.41) is 17.1. The zero-order valence-electron chi connectivity index (χ0n) is 17.5. The van der Waals surface area contributed by atoms with E-state index >= 15 is 0 Å². The van der Waals surface area contributed by atoms with Crippen molar-refractivity contribution in [3.63, 3.8) is 0 Å². The number of nitrogens with zero attached hydrogens (tertiary/aromatic N) is 8. The van der Waals surface area contributed by atoms with Crippen molar-refractivity contribution in [3.8, 4) is 17.3 Å². The highest BCUT2D eigenvalue weighted by Crippen LogP contribution is 2.22. The Morgan fingerprint density at radius 2 is 1.67 bits per heavy atom. The van der Waals surface area contributed by atoms with E-state index in [-0.39, 0.29) is 6.03 Å². The molecule has 12 heteroatoms. The van der Waals surface area contributed by atoms with Crippen molar-refractivity contribution < 1.29 is 9.53 Å². The number of hydrogen-bond acceptors (Lipinski definition) is 9. The number of hydrogen-bond donors (Lipinski definition) is 2. The number of carbonyl (C=O) groups excluding carboxylic acids is 1. The van der Waals surface area contributed by atoms with Gasteiger partial charge in [0.1, 0.15) is 0 Å². The molecule has 3 aromatic heterocycles. The number of ether oxygens (including phenoxy) is 1. The number of benzene rings is 1. The first-order valence-electron chi connectivity index (χ1n) is 10.3. The smallest absolute Gasteiger partial charge is 0.323 e. The van der Waals surface area contributed by atoms with Crippen LogP contribution in [0.1, 0.15) is 0 Å². The number of rotatable bonds is 5. The molecule has 0 saturated carbocycles. The molecular formula is C21H20N10O2. The summed E-state index contributed by atoms with van der Waals surface area (Å²) in [5.74, 6) is 1.51. The second-order valence-electron chi connectivity index (χ2n) is 7.10. The molecule has 0 atom stereocenters. The van der Waals surface area contributed by atoms with Crippen LogP contribution in [0.3, 0.4) is 0 Å². The summed E-state index contributed by atoms with van der Waals surface area (Å²) in [6.45, 7) is 2.64. The fourth-order valence-electron chi connectivity index (χ4n) is 3.24. The van der Waals surface area contributed by atoms with Gasteiger partial charge in [-0.1, -0.05) is 0 Å². The van der Waals surface area contributed by atoms with Gasteiger partial charge in [0.25, 0.3) is 5.95 Å². The van der Waals surface area contributed by atoms with Gasteiger partial charge in [-0.25, -0.2) is 9.48 Å². The molecule has 1 aromatic carbocycles. The largest absolute Gasteiger partial charge is 0.378 e. The highest BCUT2D eigenvalue weighted by molar-refractivity contribution is 5.99. The quantitative estimate of drug-likeness (QED) is 0.473. The van der Waals surface area contributed by atoms with Gasteiger partial charge in [-0.2, -0.15) is 30.2 Å². The van der Waals surface area contributed by atoms with Gasteiger partial charge in [-0.15, -0.1) is 0 Å². The zero-order valence-corrected chi connectivity index (χ0v) is 17.5. The number of carbonyl (C=O) groups is 1. The van der Waals surface area contributed by atoms with Gasteiger partial charge in [0, 0.05) is 36.7 Å². The second kappa shape index (κ2) is 9.36. The second-order valence-corrected chi connectivity index (χ2v) is 7.10. The lowest BCUT2D eigenvalue weighted by atomic mass is 10.2. The van der Waals surface area contributed by atoms with Crippen molar-refractivity contribution >= 4 is 23.4 Å². The van der Waals surface area contributed by atoms with Crippen LogP contribution >= 0.6 is 0 Å². The molecule has 2 amide bonds. The van der Waals surface area contributed by atoms with Gasteiger partial charge in [-0.05, 0) is 36.4 Å². The van der Waals surface area contributed by atoms with Gasteiger partial charge in [0.2, 0.25) is 5.95 Å². The minimum absolute atomic E-state index is 0.383. The Kier molecular flexibility index (Phi) is 5.80. The first-order valence-corrected chi connectivity index (χ1v) is 10.3. The van der Waals surface area contributed by atoms with E-state index in [0.29, 0.717) is 55.4 Å². The Morgan fingerprint density at radius 1 is 0.879 bits per heavy atom. The standard InChI is InChI=1S/C21H20N10O2/c32-21(26-17-6-8-22-23-14-17)25-16-4-2-15(3-5-16)18-27-19(30-10-12-33-13-11-30)29-20(28-18)31-9-1-7-24-31/h1-9,14H,10-13H2,(H2,22,25,26,32). The van der Waals surface area contributed by atoms with Gasteiger partial charge >= 0.3 is 6.03 Å². The summed E-state index contributed by atoms with van der Waals surface area (Å²) >= 11 is 0. The Hall–Kier alpha value is -4.45. The van der Waals surface area contributed by atoms with Gasteiger partial charge in [0.15, 0.2) is 5.82 Å². The molecule has 33 heavy (non-hydrogen) atoms. The van der Waals surface area contributed by atoms with Crippen molar-refractivity contribution in [2.45, 2.75) is 0 Å². The molecule has 0 aliphatic carbocycles. The molecule has 5 rings (SSSR count). The van der Waals surface area contributed by atoms with Crippen molar-refractivity contribution in [2.75, 3.05) is 41.8 Å². The maximum absolute atomic E-state index is 12.2. The van der Waals surface area contributed by atoms with Crippen LogP contribution in [0.15, 0.2) is 61.2 Å². The third kappa shape index (κ3) is 4.91. The Morgan fingerprint density at radius 3 is 2.39 bits per heavy atom. The van der Waals surface area contributed by atoms with Gasteiger partial charge in [-0.3, -0.25) is 0 Å². The van der Waals surface area contributed by atoms with Crippen LogP contribution in [0.4, 0.5) is 22.1 Å². The molecular weight excluding hydrogens is 424 g/mol. The van der Waals surface area contributed by atoms with E-state index in [1.54, 1.807) is 35.3 Å². The third-order valence-corrected chi connectivity index (χ3v) is 4.86. The predicted molar refractivity (Wildman–Crippen MR) is 120 cm³/mol. The molecule has 0 bridgehead atoms. The number of anilines is 3. The number of amides is 2. The summed E-state index contributed by atoms with van der Waals surface area (Å²) in [6.07, 6.45) is 6.42. The molecule has 12 nitrogen and oxygen atoms in total. The summed E-state index contributed by atoms with van der Waals surface area (Å²) in [7, 11) is 0. The fraction of sp³-hybridized carbons (Fsp3) is 0.190. The summed E-state index contributed by atoms with van der Waals surface area (Å²) in [5.41, 5.74) is 1.95. The predicted octanol–water partition coefficient (Wildman–Crippen LogP) is 1.99. The van der Waals surface area contributed by atoms with Crippen LogP contribution in [-0.2, 0) is 4.74 Å². The summed E-state index contributed by atoms with van der Waals surface area (Å²) in [6, 6.07) is 10.3. The first-order chi connectivity index (χ1) is 16.2. The Bertz CT molecular complexity index is 1210. The minimum atomic E-state index is -0.383. The number of morpholine rings is 1. The van der Waals surface area contributed by atoms with E-state index < -0.39 is 0 Å². The molecule has 4 aromatic rings. The molecule has 1 aliphatic heterocycles. The van der Waals surface area contributed by atoms with Crippen LogP contribution in [-0.4, -0.2) is 67.3 Å². The average molecular weight is 444 g/mol. The van der Waals surface area contributed by atoms with Crippen molar-refractivity contribution in [3.05, 3.63) is 61.2 Å². The lowest BCUT2D eigenvalue weighted by Crippen LogP contribution is -2.37. The monoisotopic (exact) mass is 444 g/mol. The topological polar surface area (TPSA) is 136 Å². The normalized spacial score (nSPS) is 13.5. The highest BCUT2D eigenvalue weighted by atomic mass is 16.5. The Balaban J connectivity index is 1.37. The highest BCUT2D eigenvalue weighted by Gasteiger charge is 2.18. The Labute approximate surface area is 188 Å². The van der Waals surface area contributed by atoms with E-state index in [2.05, 4.69) is 45.8 Å². The minimum Gasteiger partial charge on any atom is -0.378 e. The maximum Gasteiger partial charge on any atom is 0.323 e. The molecule has 0 spiro atoms. The number of urea groups is 1. The molecule has 1 aliphatic rings. The molecule has 1 saturated heterocycles. The van der Waals surface area contributed by atoms with Gasteiger partial charge < -0.3 is 20.3 Å². The van der Waals surface area contributed by atoms with Crippen LogP contribution in [0.25, 0.3) is 17.3 Å². The molecule has 2 N–H and O–H groups in total. The van der Waals surface area contributed by atoms with Crippen LogP contribution < -0.4 is 15.5 Å².